The Morgan fingerprint density at radius 2 is 2.07 bits per heavy atom. The lowest BCUT2D eigenvalue weighted by Gasteiger charge is -2.24. The van der Waals surface area contributed by atoms with Gasteiger partial charge in [0.2, 0.25) is 5.88 Å². The molecule has 8 heteroatoms. The molecule has 27 heavy (non-hydrogen) atoms. The molecule has 1 unspecified atom stereocenters. The number of rotatable bonds is 7. The number of ether oxygens (including phenoxy) is 1. The second kappa shape index (κ2) is 10.5. The predicted molar refractivity (Wildman–Crippen MR) is 117 cm³/mol. The van der Waals surface area contributed by atoms with Crippen molar-refractivity contribution in [2.24, 2.45) is 4.99 Å². The summed E-state index contributed by atoms with van der Waals surface area (Å²) in [5.41, 5.74) is 0.674. The van der Waals surface area contributed by atoms with Crippen molar-refractivity contribution < 1.29 is 14.3 Å². The van der Waals surface area contributed by atoms with Crippen LogP contribution in [-0.4, -0.2) is 36.2 Å². The average Bonchev–Trinajstić information content (AvgIpc) is 2.97. The topological polar surface area (TPSA) is 91.9 Å². The molecule has 7 nitrogen and oxygen atoms in total. The summed E-state index contributed by atoms with van der Waals surface area (Å²) in [7, 11) is 1.59. The molecule has 2 aromatic heterocycles. The molecule has 0 saturated heterocycles. The molecule has 0 radical (unpaired) electrons. The van der Waals surface area contributed by atoms with E-state index in [-0.39, 0.29) is 24.0 Å². The Hall–Kier alpha value is -1.81. The van der Waals surface area contributed by atoms with Crippen LogP contribution in [-0.2, 0) is 12.1 Å². The molecule has 0 aliphatic rings. The summed E-state index contributed by atoms with van der Waals surface area (Å²) in [4.78, 5) is 8.72. The van der Waals surface area contributed by atoms with Gasteiger partial charge in [-0.3, -0.25) is 0 Å². The van der Waals surface area contributed by atoms with E-state index in [0.29, 0.717) is 24.9 Å². The Balaban J connectivity index is 0.00000364. The minimum absolute atomic E-state index is 0. The first kappa shape index (κ1) is 23.2. The summed E-state index contributed by atoms with van der Waals surface area (Å²) in [6.45, 7) is 8.97. The van der Waals surface area contributed by atoms with Crippen molar-refractivity contribution in [1.82, 2.24) is 15.6 Å². The molecule has 0 aliphatic heterocycles. The maximum atomic E-state index is 10.8. The monoisotopic (exact) mass is 488 g/mol. The largest absolute Gasteiger partial charge is 0.481 e. The number of aryl methyl sites for hydroxylation is 2. The molecule has 0 fully saturated rings. The van der Waals surface area contributed by atoms with E-state index in [0.717, 1.165) is 29.2 Å². The van der Waals surface area contributed by atoms with E-state index in [9.17, 15) is 5.11 Å². The number of halogens is 1. The van der Waals surface area contributed by atoms with Crippen molar-refractivity contribution in [1.29, 1.82) is 0 Å². The SMILES string of the molecule is CCNC(=NCc1ccc(OC)nc1)NCC(C)(O)c1cc(C)oc1C.I. The molecule has 2 rings (SSSR count). The molecule has 0 bridgehead atoms. The van der Waals surface area contributed by atoms with Crippen LogP contribution < -0.4 is 15.4 Å². The Morgan fingerprint density at radius 1 is 1.33 bits per heavy atom. The van der Waals surface area contributed by atoms with Crippen molar-refractivity contribution in [3.05, 3.63) is 47.0 Å². The van der Waals surface area contributed by atoms with Gasteiger partial charge in [0.1, 0.15) is 17.1 Å². The summed E-state index contributed by atoms with van der Waals surface area (Å²) in [5.74, 6) is 2.71. The third-order valence-electron chi connectivity index (χ3n) is 3.99. The van der Waals surface area contributed by atoms with Gasteiger partial charge >= 0.3 is 0 Å². The lowest BCUT2D eigenvalue weighted by atomic mass is 9.96. The Labute approximate surface area is 177 Å². The summed E-state index contributed by atoms with van der Waals surface area (Å²) < 4.78 is 10.6. The molecule has 3 N–H and O–H groups in total. The van der Waals surface area contributed by atoms with Gasteiger partial charge in [-0.05, 0) is 39.3 Å². The fourth-order valence-electron chi connectivity index (χ4n) is 2.65. The first-order chi connectivity index (χ1) is 12.4. The van der Waals surface area contributed by atoms with Crippen LogP contribution in [0.25, 0.3) is 0 Å². The van der Waals surface area contributed by atoms with Gasteiger partial charge in [-0.2, -0.15) is 0 Å². The fraction of sp³-hybridized carbons (Fsp3) is 0.474. The lowest BCUT2D eigenvalue weighted by Crippen LogP contribution is -2.44. The van der Waals surface area contributed by atoms with Gasteiger partial charge in [0.05, 0.1) is 20.2 Å². The molecule has 0 aromatic carbocycles. The zero-order valence-electron chi connectivity index (χ0n) is 16.5. The molecule has 1 atom stereocenters. The highest BCUT2D eigenvalue weighted by Crippen LogP contribution is 2.26. The number of aromatic nitrogens is 1. The molecule has 2 heterocycles. The van der Waals surface area contributed by atoms with E-state index >= 15 is 0 Å². The number of aliphatic hydroxyl groups is 1. The van der Waals surface area contributed by atoms with E-state index in [1.165, 1.54) is 0 Å². The molecule has 0 amide bonds. The van der Waals surface area contributed by atoms with Crippen LogP contribution in [0.15, 0.2) is 33.8 Å². The van der Waals surface area contributed by atoms with Crippen LogP contribution in [0, 0.1) is 13.8 Å². The highest BCUT2D eigenvalue weighted by Gasteiger charge is 2.27. The van der Waals surface area contributed by atoms with Crippen LogP contribution in [0.5, 0.6) is 5.88 Å². The first-order valence-electron chi connectivity index (χ1n) is 8.66. The molecular weight excluding hydrogens is 459 g/mol. The quantitative estimate of drug-likeness (QED) is 0.316. The number of aliphatic imine (C=N–C) groups is 1. The van der Waals surface area contributed by atoms with Gasteiger partial charge in [-0.15, -0.1) is 24.0 Å². The average molecular weight is 488 g/mol. The highest BCUT2D eigenvalue weighted by atomic mass is 127. The molecular formula is C19H29IN4O3. The van der Waals surface area contributed by atoms with E-state index in [1.807, 2.05) is 32.9 Å². The van der Waals surface area contributed by atoms with Gasteiger partial charge in [0, 0.05) is 24.4 Å². The zero-order valence-corrected chi connectivity index (χ0v) is 18.8. The standard InChI is InChI=1S/C19H28N4O3.HI/c1-6-20-18(22-11-15-7-8-17(25-5)21-10-15)23-12-19(4,24)16-9-13(2)26-14(16)3;/h7-10,24H,6,11-12H2,1-5H3,(H2,20,22,23);1H. The Bertz CT molecular complexity index is 742. The highest BCUT2D eigenvalue weighted by molar-refractivity contribution is 14.0. The number of methoxy groups -OCH3 is 1. The van der Waals surface area contributed by atoms with Crippen molar-refractivity contribution >= 4 is 29.9 Å². The van der Waals surface area contributed by atoms with Gasteiger partial charge < -0.3 is 24.9 Å². The van der Waals surface area contributed by atoms with Crippen molar-refractivity contribution in [2.45, 2.75) is 39.8 Å². The second-order valence-electron chi connectivity index (χ2n) is 6.36. The maximum absolute atomic E-state index is 10.8. The van der Waals surface area contributed by atoms with Crippen LogP contribution >= 0.6 is 24.0 Å². The number of hydrogen-bond acceptors (Lipinski definition) is 5. The number of guanidine groups is 1. The van der Waals surface area contributed by atoms with Crippen molar-refractivity contribution in [2.75, 3.05) is 20.2 Å². The predicted octanol–water partition coefficient (Wildman–Crippen LogP) is 2.88. The van der Waals surface area contributed by atoms with Crippen LogP contribution in [0.4, 0.5) is 0 Å². The van der Waals surface area contributed by atoms with E-state index in [2.05, 4.69) is 20.6 Å². The van der Waals surface area contributed by atoms with Gasteiger partial charge in [0.15, 0.2) is 5.96 Å². The minimum Gasteiger partial charge on any atom is -0.481 e. The normalized spacial score (nSPS) is 13.5. The van der Waals surface area contributed by atoms with Crippen LogP contribution in [0.1, 0.15) is 36.5 Å². The summed E-state index contributed by atoms with van der Waals surface area (Å²) in [5, 5.41) is 17.2. The van der Waals surface area contributed by atoms with Gasteiger partial charge in [-0.1, -0.05) is 6.07 Å². The van der Waals surface area contributed by atoms with E-state index in [4.69, 9.17) is 9.15 Å². The van der Waals surface area contributed by atoms with Gasteiger partial charge in [-0.25, -0.2) is 9.98 Å². The molecule has 150 valence electrons. The molecule has 0 saturated carbocycles. The Morgan fingerprint density at radius 3 is 2.59 bits per heavy atom. The maximum Gasteiger partial charge on any atom is 0.212 e. The van der Waals surface area contributed by atoms with Crippen molar-refractivity contribution in [3.63, 3.8) is 0 Å². The van der Waals surface area contributed by atoms with Gasteiger partial charge in [0.25, 0.3) is 0 Å². The first-order valence-corrected chi connectivity index (χ1v) is 8.66. The molecule has 0 aliphatic carbocycles. The van der Waals surface area contributed by atoms with Crippen molar-refractivity contribution in [3.8, 4) is 5.88 Å². The van der Waals surface area contributed by atoms with E-state index < -0.39 is 5.60 Å². The fourth-order valence-corrected chi connectivity index (χ4v) is 2.65. The number of nitrogens with one attached hydrogen (secondary N) is 2. The second-order valence-corrected chi connectivity index (χ2v) is 6.36. The van der Waals surface area contributed by atoms with Crippen LogP contribution in [0.3, 0.4) is 0 Å². The summed E-state index contributed by atoms with van der Waals surface area (Å²) >= 11 is 0. The lowest BCUT2D eigenvalue weighted by molar-refractivity contribution is 0.0601. The third kappa shape index (κ3) is 6.69. The zero-order chi connectivity index (χ0) is 19.2. The molecule has 2 aromatic rings. The molecule has 0 spiro atoms. The van der Waals surface area contributed by atoms with Crippen LogP contribution in [0.2, 0.25) is 0 Å². The number of pyridine rings is 1. The number of nitrogens with zero attached hydrogens (tertiary/aromatic N) is 2. The Kier molecular flexibility index (Phi) is 9.04. The summed E-state index contributed by atoms with van der Waals surface area (Å²) in [6.07, 6.45) is 1.74. The smallest absolute Gasteiger partial charge is 0.212 e. The van der Waals surface area contributed by atoms with E-state index in [1.54, 1.807) is 26.3 Å². The number of furan rings is 1. The third-order valence-corrected chi connectivity index (χ3v) is 3.99. The summed E-state index contributed by atoms with van der Waals surface area (Å²) in [6, 6.07) is 5.59. The number of hydrogen-bond donors (Lipinski definition) is 3. The minimum atomic E-state index is -1.07.